The number of fused-ring (bicyclic) bond motifs is 1. The molecular formula is C19H16NO4S-. The van der Waals surface area contributed by atoms with Crippen molar-refractivity contribution in [1.82, 2.24) is 4.72 Å². The minimum Gasteiger partial charge on any atom is -0.548 e. The predicted molar refractivity (Wildman–Crippen MR) is 93.2 cm³/mol. The first-order valence-electron chi connectivity index (χ1n) is 7.72. The number of aliphatic carboxylic acids is 1. The molecule has 0 saturated carbocycles. The van der Waals surface area contributed by atoms with Crippen LogP contribution in [0.4, 0.5) is 0 Å². The van der Waals surface area contributed by atoms with Gasteiger partial charge in [0.1, 0.15) is 0 Å². The fourth-order valence-electron chi connectivity index (χ4n) is 2.70. The van der Waals surface area contributed by atoms with E-state index < -0.39 is 22.0 Å². The molecule has 0 radical (unpaired) electrons. The third kappa shape index (κ3) is 3.87. The van der Waals surface area contributed by atoms with E-state index >= 15 is 0 Å². The van der Waals surface area contributed by atoms with Crippen LogP contribution in [0.1, 0.15) is 5.56 Å². The van der Waals surface area contributed by atoms with Crippen LogP contribution in [0.15, 0.2) is 77.7 Å². The van der Waals surface area contributed by atoms with Gasteiger partial charge in [-0.3, -0.25) is 0 Å². The third-order valence-electron chi connectivity index (χ3n) is 3.90. The summed E-state index contributed by atoms with van der Waals surface area (Å²) in [7, 11) is -4.02. The van der Waals surface area contributed by atoms with Crippen LogP contribution in [0.5, 0.6) is 0 Å². The summed E-state index contributed by atoms with van der Waals surface area (Å²) in [4.78, 5) is 11.5. The molecule has 1 N–H and O–H groups in total. The smallest absolute Gasteiger partial charge is 0.241 e. The monoisotopic (exact) mass is 354 g/mol. The van der Waals surface area contributed by atoms with E-state index in [1.54, 1.807) is 60.7 Å². The van der Waals surface area contributed by atoms with Crippen molar-refractivity contribution in [2.24, 2.45) is 0 Å². The van der Waals surface area contributed by atoms with Gasteiger partial charge in [0.15, 0.2) is 0 Å². The Morgan fingerprint density at radius 2 is 1.56 bits per heavy atom. The van der Waals surface area contributed by atoms with Crippen LogP contribution in [0.3, 0.4) is 0 Å². The van der Waals surface area contributed by atoms with E-state index in [4.69, 9.17) is 0 Å². The molecule has 25 heavy (non-hydrogen) atoms. The molecule has 0 aliphatic carbocycles. The average Bonchev–Trinajstić information content (AvgIpc) is 2.61. The van der Waals surface area contributed by atoms with Crippen molar-refractivity contribution in [2.45, 2.75) is 17.4 Å². The quantitative estimate of drug-likeness (QED) is 0.726. The molecule has 0 heterocycles. The maximum absolute atomic E-state index is 12.7. The molecular weight excluding hydrogens is 338 g/mol. The van der Waals surface area contributed by atoms with E-state index in [0.717, 1.165) is 5.39 Å². The second kappa shape index (κ2) is 7.04. The molecule has 128 valence electrons. The Morgan fingerprint density at radius 3 is 2.28 bits per heavy atom. The molecule has 3 rings (SSSR count). The number of sulfonamides is 1. The summed E-state index contributed by atoms with van der Waals surface area (Å²) in [5.74, 6) is -1.47. The molecule has 0 bridgehead atoms. The molecule has 0 aromatic heterocycles. The van der Waals surface area contributed by atoms with Crippen molar-refractivity contribution in [3.05, 3.63) is 78.4 Å². The van der Waals surface area contributed by atoms with E-state index in [9.17, 15) is 18.3 Å². The maximum atomic E-state index is 12.7. The summed E-state index contributed by atoms with van der Waals surface area (Å²) in [5.41, 5.74) is 0.706. The average molecular weight is 354 g/mol. The van der Waals surface area contributed by atoms with Crippen LogP contribution in [0.2, 0.25) is 0 Å². The molecule has 3 aromatic rings. The number of carboxylic acid groups (broad SMARTS) is 1. The largest absolute Gasteiger partial charge is 0.548 e. The summed E-state index contributed by atoms with van der Waals surface area (Å²) in [5, 5.41) is 12.7. The molecule has 3 aromatic carbocycles. The standard InChI is InChI=1S/C19H17NO4S/c21-19(22)17(13-14-7-2-1-3-8-14)20-25(23,24)18-12-6-10-15-9-4-5-11-16(15)18/h1-12,17,20H,13H2,(H,21,22)/p-1/t17-/m0/s1. The van der Waals surface area contributed by atoms with E-state index in [0.29, 0.717) is 10.9 Å². The maximum Gasteiger partial charge on any atom is 0.241 e. The highest BCUT2D eigenvalue weighted by molar-refractivity contribution is 7.89. The fraction of sp³-hybridized carbons (Fsp3) is 0.105. The van der Waals surface area contributed by atoms with Gasteiger partial charge >= 0.3 is 0 Å². The van der Waals surface area contributed by atoms with Gasteiger partial charge in [-0.15, -0.1) is 0 Å². The molecule has 6 heteroatoms. The Balaban J connectivity index is 1.94. The Kier molecular flexibility index (Phi) is 4.83. The molecule has 0 spiro atoms. The highest BCUT2D eigenvalue weighted by atomic mass is 32.2. The van der Waals surface area contributed by atoms with Gasteiger partial charge in [0, 0.05) is 5.39 Å². The number of hydrogen-bond donors (Lipinski definition) is 1. The lowest BCUT2D eigenvalue weighted by Gasteiger charge is -2.20. The Morgan fingerprint density at radius 1 is 0.920 bits per heavy atom. The van der Waals surface area contributed by atoms with Crippen molar-refractivity contribution in [3.8, 4) is 0 Å². The molecule has 5 nitrogen and oxygen atoms in total. The summed E-state index contributed by atoms with van der Waals surface area (Å²) in [6, 6.07) is 19.4. The van der Waals surface area contributed by atoms with Crippen molar-refractivity contribution in [3.63, 3.8) is 0 Å². The third-order valence-corrected chi connectivity index (χ3v) is 5.43. The molecule has 0 amide bonds. The van der Waals surface area contributed by atoms with E-state index in [2.05, 4.69) is 4.72 Å². The van der Waals surface area contributed by atoms with Crippen LogP contribution in [-0.4, -0.2) is 20.4 Å². The van der Waals surface area contributed by atoms with Crippen molar-refractivity contribution >= 4 is 26.8 Å². The van der Waals surface area contributed by atoms with Gasteiger partial charge < -0.3 is 9.90 Å². The van der Waals surface area contributed by atoms with Gasteiger partial charge in [-0.05, 0) is 23.4 Å². The van der Waals surface area contributed by atoms with Gasteiger partial charge in [0.05, 0.1) is 16.9 Å². The highest BCUT2D eigenvalue weighted by Gasteiger charge is 2.23. The van der Waals surface area contributed by atoms with Gasteiger partial charge in [-0.25, -0.2) is 13.1 Å². The summed E-state index contributed by atoms with van der Waals surface area (Å²) in [6.07, 6.45) is 0.00711. The zero-order valence-corrected chi connectivity index (χ0v) is 14.1. The van der Waals surface area contributed by atoms with Crippen LogP contribution >= 0.6 is 0 Å². The van der Waals surface area contributed by atoms with Crippen LogP contribution < -0.4 is 9.83 Å². The Bertz CT molecular complexity index is 995. The van der Waals surface area contributed by atoms with Crippen molar-refractivity contribution in [1.29, 1.82) is 0 Å². The lowest BCUT2D eigenvalue weighted by atomic mass is 10.1. The number of carboxylic acids is 1. The van der Waals surface area contributed by atoms with E-state index in [-0.39, 0.29) is 11.3 Å². The van der Waals surface area contributed by atoms with Crippen molar-refractivity contribution < 1.29 is 18.3 Å². The first-order chi connectivity index (χ1) is 12.0. The van der Waals surface area contributed by atoms with E-state index in [1.807, 2.05) is 6.07 Å². The first-order valence-corrected chi connectivity index (χ1v) is 9.20. The zero-order chi connectivity index (χ0) is 17.9. The molecule has 0 saturated heterocycles. The van der Waals surface area contributed by atoms with Gasteiger partial charge in [-0.2, -0.15) is 0 Å². The molecule has 1 atom stereocenters. The molecule has 0 aliphatic heterocycles. The topological polar surface area (TPSA) is 86.3 Å². The number of hydrogen-bond acceptors (Lipinski definition) is 4. The van der Waals surface area contributed by atoms with Gasteiger partial charge in [-0.1, -0.05) is 66.7 Å². The highest BCUT2D eigenvalue weighted by Crippen LogP contribution is 2.23. The number of nitrogens with one attached hydrogen (secondary N) is 1. The first kappa shape index (κ1) is 17.1. The molecule has 0 aliphatic rings. The van der Waals surface area contributed by atoms with Gasteiger partial charge in [0.25, 0.3) is 0 Å². The van der Waals surface area contributed by atoms with Crippen LogP contribution in [0.25, 0.3) is 10.8 Å². The van der Waals surface area contributed by atoms with E-state index in [1.165, 1.54) is 6.07 Å². The van der Waals surface area contributed by atoms with Gasteiger partial charge in [0.2, 0.25) is 10.0 Å². The lowest BCUT2D eigenvalue weighted by Crippen LogP contribution is -2.49. The normalized spacial score (nSPS) is 12.8. The van der Waals surface area contributed by atoms with Crippen molar-refractivity contribution in [2.75, 3.05) is 0 Å². The zero-order valence-electron chi connectivity index (χ0n) is 13.3. The molecule has 0 fully saturated rings. The summed E-state index contributed by atoms with van der Waals surface area (Å²) >= 11 is 0. The number of benzene rings is 3. The number of rotatable bonds is 6. The Labute approximate surface area is 146 Å². The summed E-state index contributed by atoms with van der Waals surface area (Å²) < 4.78 is 27.8. The SMILES string of the molecule is O=C([O-])[C@H](Cc1ccccc1)NS(=O)(=O)c1cccc2ccccc12. The fourth-order valence-corrected chi connectivity index (χ4v) is 4.12. The number of carbonyl (C=O) groups excluding carboxylic acids is 1. The minimum atomic E-state index is -4.02. The van der Waals surface area contributed by atoms with Crippen LogP contribution in [0, 0.1) is 0 Å². The lowest BCUT2D eigenvalue weighted by molar-refractivity contribution is -0.307. The number of carbonyl (C=O) groups is 1. The van der Waals surface area contributed by atoms with Crippen LogP contribution in [-0.2, 0) is 21.2 Å². The summed E-state index contributed by atoms with van der Waals surface area (Å²) in [6.45, 7) is 0. The second-order valence-corrected chi connectivity index (χ2v) is 7.34. The Hall–Kier alpha value is -2.70. The predicted octanol–water partition coefficient (Wildman–Crippen LogP) is 1.48. The second-order valence-electron chi connectivity index (χ2n) is 5.66. The minimum absolute atomic E-state index is 0.00711. The molecule has 0 unspecified atom stereocenters.